The van der Waals surface area contributed by atoms with Crippen molar-refractivity contribution in [3.05, 3.63) is 0 Å². The number of rotatable bonds is 3. The van der Waals surface area contributed by atoms with Crippen LogP contribution in [0.5, 0.6) is 0 Å². The molecule has 0 radical (unpaired) electrons. The van der Waals surface area contributed by atoms with E-state index in [9.17, 15) is 9.18 Å². The van der Waals surface area contributed by atoms with E-state index in [-0.39, 0.29) is 31.2 Å². The first kappa shape index (κ1) is 19.5. The van der Waals surface area contributed by atoms with Crippen LogP contribution in [-0.2, 0) is 4.79 Å². The predicted molar refractivity (Wildman–Crippen MR) is 101 cm³/mol. The van der Waals surface area contributed by atoms with Crippen LogP contribution >= 0.6 is 0 Å². The van der Waals surface area contributed by atoms with Gasteiger partial charge in [0.15, 0.2) is 0 Å². The van der Waals surface area contributed by atoms with Gasteiger partial charge >= 0.3 is 0 Å². The quantitative estimate of drug-likeness (QED) is 0.351. The lowest BCUT2D eigenvalue weighted by Crippen LogP contribution is -2.62. The van der Waals surface area contributed by atoms with E-state index < -0.39 is 18.3 Å². The standard InChI is InChI=1S/C18H34FN7O/c1-10-3-2-5-22-15(10)12-4-6-21-8-13(12)24-18(27)14-16(20)25-26-9-11(19)7-23-17(14)26/h10-17,21-23,25H,2-9,20H2,1H3,(H,24,27). The number of alkyl halides is 1. The maximum absolute atomic E-state index is 13.6. The number of nitrogens with two attached hydrogens (primary N) is 1. The van der Waals surface area contributed by atoms with Crippen molar-refractivity contribution in [2.75, 3.05) is 32.7 Å². The van der Waals surface area contributed by atoms with Gasteiger partial charge in [0.1, 0.15) is 6.17 Å². The highest BCUT2D eigenvalue weighted by Gasteiger charge is 2.48. The molecular formula is C18H34FN7O. The number of amides is 1. The molecule has 4 aliphatic rings. The van der Waals surface area contributed by atoms with Crippen molar-refractivity contribution in [2.24, 2.45) is 23.5 Å². The summed E-state index contributed by atoms with van der Waals surface area (Å²) in [6.07, 6.45) is 1.81. The zero-order valence-corrected chi connectivity index (χ0v) is 16.1. The first-order valence-corrected chi connectivity index (χ1v) is 10.4. The summed E-state index contributed by atoms with van der Waals surface area (Å²) in [7, 11) is 0. The molecular weight excluding hydrogens is 349 g/mol. The summed E-state index contributed by atoms with van der Waals surface area (Å²) < 4.78 is 13.6. The topological polar surface area (TPSA) is 106 Å². The monoisotopic (exact) mass is 383 g/mol. The van der Waals surface area contributed by atoms with E-state index >= 15 is 0 Å². The summed E-state index contributed by atoms with van der Waals surface area (Å²) in [6.45, 7) is 5.66. The van der Waals surface area contributed by atoms with E-state index in [1.165, 1.54) is 12.8 Å². The minimum Gasteiger partial charge on any atom is -0.351 e. The minimum absolute atomic E-state index is 0.0468. The highest BCUT2D eigenvalue weighted by molar-refractivity contribution is 5.80. The molecule has 0 bridgehead atoms. The summed E-state index contributed by atoms with van der Waals surface area (Å²) >= 11 is 0. The van der Waals surface area contributed by atoms with Gasteiger partial charge in [-0.2, -0.15) is 0 Å². The van der Waals surface area contributed by atoms with Gasteiger partial charge < -0.3 is 21.7 Å². The molecule has 154 valence electrons. The first-order valence-electron chi connectivity index (χ1n) is 10.4. The maximum atomic E-state index is 13.6. The van der Waals surface area contributed by atoms with Crippen LogP contribution in [0.1, 0.15) is 26.2 Å². The molecule has 8 atom stereocenters. The van der Waals surface area contributed by atoms with Crippen molar-refractivity contribution in [1.29, 1.82) is 0 Å². The van der Waals surface area contributed by atoms with E-state index in [4.69, 9.17) is 5.73 Å². The van der Waals surface area contributed by atoms with Crippen molar-refractivity contribution in [3.8, 4) is 0 Å². The van der Waals surface area contributed by atoms with E-state index in [1.54, 1.807) is 5.01 Å². The maximum Gasteiger partial charge on any atom is 0.229 e. The molecule has 4 aliphatic heterocycles. The number of nitrogens with zero attached hydrogens (tertiary/aromatic N) is 1. The van der Waals surface area contributed by atoms with Crippen LogP contribution in [0.3, 0.4) is 0 Å². The number of hydrogen-bond acceptors (Lipinski definition) is 7. The molecule has 9 heteroatoms. The Bertz CT molecular complexity index is 538. The number of halogens is 1. The SMILES string of the molecule is CC1CCCNC1C1CCNCC1NC(=O)C1C(N)NN2CC(F)CNC12. The second kappa shape index (κ2) is 8.26. The molecule has 4 heterocycles. The van der Waals surface area contributed by atoms with Gasteiger partial charge in [0.25, 0.3) is 0 Å². The van der Waals surface area contributed by atoms with Crippen LogP contribution in [0.15, 0.2) is 0 Å². The van der Waals surface area contributed by atoms with Gasteiger partial charge in [-0.25, -0.2) is 14.8 Å². The minimum atomic E-state index is -0.950. The number of carbonyl (C=O) groups is 1. The van der Waals surface area contributed by atoms with E-state index in [2.05, 4.69) is 33.6 Å². The Morgan fingerprint density at radius 2 is 2.07 bits per heavy atom. The summed E-state index contributed by atoms with van der Waals surface area (Å²) in [5, 5.41) is 15.3. The third-order valence-electron chi connectivity index (χ3n) is 6.78. The van der Waals surface area contributed by atoms with E-state index in [0.717, 1.165) is 26.1 Å². The molecule has 4 fully saturated rings. The van der Waals surface area contributed by atoms with Gasteiger partial charge in [-0.15, -0.1) is 0 Å². The Kier molecular flexibility index (Phi) is 5.96. The van der Waals surface area contributed by atoms with Gasteiger partial charge in [-0.3, -0.25) is 10.1 Å². The summed E-state index contributed by atoms with van der Waals surface area (Å²) in [5.41, 5.74) is 9.24. The first-order chi connectivity index (χ1) is 13.0. The van der Waals surface area contributed by atoms with Crippen molar-refractivity contribution >= 4 is 5.91 Å². The third-order valence-corrected chi connectivity index (χ3v) is 6.78. The number of fused-ring (bicyclic) bond motifs is 1. The number of carbonyl (C=O) groups excluding carboxylic acids is 1. The molecule has 0 spiro atoms. The lowest BCUT2D eigenvalue weighted by atomic mass is 9.77. The highest BCUT2D eigenvalue weighted by Crippen LogP contribution is 2.28. The van der Waals surface area contributed by atoms with Crippen LogP contribution < -0.4 is 32.4 Å². The molecule has 8 nitrogen and oxygen atoms in total. The molecule has 0 aromatic heterocycles. The Morgan fingerprint density at radius 3 is 2.89 bits per heavy atom. The average Bonchev–Trinajstić information content (AvgIpc) is 2.97. The Hall–Kier alpha value is -0.840. The van der Waals surface area contributed by atoms with Gasteiger partial charge in [-0.1, -0.05) is 6.92 Å². The van der Waals surface area contributed by atoms with Crippen molar-refractivity contribution in [2.45, 2.75) is 56.8 Å². The fourth-order valence-corrected chi connectivity index (χ4v) is 5.37. The summed E-state index contributed by atoms with van der Waals surface area (Å²) in [4.78, 5) is 13.1. The Balaban J connectivity index is 1.42. The molecule has 0 aromatic carbocycles. The summed E-state index contributed by atoms with van der Waals surface area (Å²) in [5.74, 6) is 0.557. The van der Waals surface area contributed by atoms with Crippen LogP contribution in [0.25, 0.3) is 0 Å². The van der Waals surface area contributed by atoms with Gasteiger partial charge in [0, 0.05) is 31.7 Å². The molecule has 0 aliphatic carbocycles. The van der Waals surface area contributed by atoms with Crippen LogP contribution in [0, 0.1) is 17.8 Å². The van der Waals surface area contributed by atoms with E-state index in [0.29, 0.717) is 17.9 Å². The Morgan fingerprint density at radius 1 is 1.22 bits per heavy atom. The molecule has 4 saturated heterocycles. The van der Waals surface area contributed by atoms with Crippen molar-refractivity contribution < 1.29 is 9.18 Å². The molecule has 8 unspecified atom stereocenters. The lowest BCUT2D eigenvalue weighted by molar-refractivity contribution is -0.128. The summed E-state index contributed by atoms with van der Waals surface area (Å²) in [6, 6.07) is 0.529. The fourth-order valence-electron chi connectivity index (χ4n) is 5.37. The van der Waals surface area contributed by atoms with Crippen LogP contribution in [0.4, 0.5) is 4.39 Å². The van der Waals surface area contributed by atoms with Gasteiger partial charge in [0.2, 0.25) is 5.91 Å². The number of piperidine rings is 2. The highest BCUT2D eigenvalue weighted by atomic mass is 19.1. The van der Waals surface area contributed by atoms with Crippen LogP contribution in [0.2, 0.25) is 0 Å². The second-order valence-corrected chi connectivity index (χ2v) is 8.65. The number of hydrazine groups is 1. The number of hydrogen-bond donors (Lipinski definition) is 6. The largest absolute Gasteiger partial charge is 0.351 e. The number of nitrogens with one attached hydrogen (secondary N) is 5. The molecule has 27 heavy (non-hydrogen) atoms. The van der Waals surface area contributed by atoms with Gasteiger partial charge in [0.05, 0.1) is 18.2 Å². The second-order valence-electron chi connectivity index (χ2n) is 8.65. The molecule has 1 amide bonds. The smallest absolute Gasteiger partial charge is 0.229 e. The van der Waals surface area contributed by atoms with Crippen molar-refractivity contribution in [1.82, 2.24) is 31.7 Å². The molecule has 0 saturated carbocycles. The normalized spacial score (nSPS) is 46.0. The third kappa shape index (κ3) is 3.99. The zero-order chi connectivity index (χ0) is 19.0. The molecule has 7 N–H and O–H groups in total. The molecule has 4 rings (SSSR count). The fraction of sp³-hybridized carbons (Fsp3) is 0.944. The zero-order valence-electron chi connectivity index (χ0n) is 16.1. The Labute approximate surface area is 160 Å². The van der Waals surface area contributed by atoms with E-state index in [1.807, 2.05) is 0 Å². The van der Waals surface area contributed by atoms with Crippen LogP contribution in [-0.4, -0.2) is 74.2 Å². The predicted octanol–water partition coefficient (Wildman–Crippen LogP) is -1.54. The van der Waals surface area contributed by atoms with Crippen molar-refractivity contribution in [3.63, 3.8) is 0 Å². The lowest BCUT2D eigenvalue weighted by Gasteiger charge is -2.43. The average molecular weight is 384 g/mol. The van der Waals surface area contributed by atoms with Gasteiger partial charge in [-0.05, 0) is 44.2 Å². The molecule has 0 aromatic rings.